The Morgan fingerprint density at radius 3 is 2.83 bits per heavy atom. The van der Waals surface area contributed by atoms with E-state index in [2.05, 4.69) is 4.98 Å². The Morgan fingerprint density at radius 2 is 2.17 bits per heavy atom. The van der Waals surface area contributed by atoms with Gasteiger partial charge in [-0.1, -0.05) is 18.2 Å². The molecule has 1 heterocycles. The monoisotopic (exact) mass is 246 g/mol. The summed E-state index contributed by atoms with van der Waals surface area (Å²) in [6, 6.07) is 9.66. The number of nitrogens with one attached hydrogen (secondary N) is 1. The largest absolute Gasteiger partial charge is 0.393 e. The summed E-state index contributed by atoms with van der Waals surface area (Å²) in [7, 11) is 1.75. The van der Waals surface area contributed by atoms with Gasteiger partial charge in [-0.15, -0.1) is 0 Å². The molecule has 0 aliphatic carbocycles. The molecule has 0 saturated carbocycles. The number of para-hydroxylation sites is 1. The summed E-state index contributed by atoms with van der Waals surface area (Å²) in [6.45, 7) is 2.27. The molecule has 0 aliphatic rings. The van der Waals surface area contributed by atoms with Crippen LogP contribution < -0.4 is 0 Å². The van der Waals surface area contributed by atoms with Crippen LogP contribution in [0.4, 0.5) is 0 Å². The number of benzene rings is 1. The second kappa shape index (κ2) is 5.23. The summed E-state index contributed by atoms with van der Waals surface area (Å²) in [5.74, 6) is -0.0492. The number of hydrogen-bond acceptors (Lipinski definition) is 2. The van der Waals surface area contributed by atoms with E-state index in [9.17, 15) is 9.90 Å². The quantitative estimate of drug-likeness (QED) is 0.867. The topological polar surface area (TPSA) is 56.3 Å². The van der Waals surface area contributed by atoms with Crippen LogP contribution in [-0.2, 0) is 0 Å². The number of nitrogens with zero attached hydrogens (tertiary/aromatic N) is 1. The van der Waals surface area contributed by atoms with Crippen molar-refractivity contribution in [3.05, 3.63) is 36.0 Å². The SMILES string of the molecule is CC(O)CCN(C)C(=O)c1cc2ccccc2[nH]1. The maximum Gasteiger partial charge on any atom is 0.270 e. The van der Waals surface area contributed by atoms with Crippen LogP contribution in [0, 0.1) is 0 Å². The molecule has 0 fully saturated rings. The third-order valence-corrected chi connectivity index (χ3v) is 2.99. The van der Waals surface area contributed by atoms with Crippen LogP contribution in [0.3, 0.4) is 0 Å². The number of fused-ring (bicyclic) bond motifs is 1. The smallest absolute Gasteiger partial charge is 0.270 e. The van der Waals surface area contributed by atoms with Crippen molar-refractivity contribution in [3.8, 4) is 0 Å². The van der Waals surface area contributed by atoms with Crippen LogP contribution in [-0.4, -0.2) is 40.6 Å². The van der Waals surface area contributed by atoms with Gasteiger partial charge in [-0.3, -0.25) is 4.79 Å². The zero-order valence-corrected chi connectivity index (χ0v) is 10.7. The molecule has 18 heavy (non-hydrogen) atoms. The molecule has 4 nitrogen and oxygen atoms in total. The van der Waals surface area contributed by atoms with Crippen molar-refractivity contribution in [2.24, 2.45) is 0 Å². The first-order valence-electron chi connectivity index (χ1n) is 6.09. The van der Waals surface area contributed by atoms with Gasteiger partial charge >= 0.3 is 0 Å². The Balaban J connectivity index is 2.12. The number of aliphatic hydroxyl groups excluding tert-OH is 1. The number of rotatable bonds is 4. The minimum Gasteiger partial charge on any atom is -0.393 e. The first-order chi connectivity index (χ1) is 8.58. The highest BCUT2D eigenvalue weighted by molar-refractivity contribution is 5.97. The fourth-order valence-electron chi connectivity index (χ4n) is 1.88. The standard InChI is InChI=1S/C14H18N2O2/c1-10(17)7-8-16(2)14(18)13-9-11-5-3-4-6-12(11)15-13/h3-6,9-10,15,17H,7-8H2,1-2H3. The van der Waals surface area contributed by atoms with Gasteiger partial charge in [-0.2, -0.15) is 0 Å². The molecule has 1 aromatic heterocycles. The molecule has 0 spiro atoms. The number of aromatic amines is 1. The van der Waals surface area contributed by atoms with Crippen molar-refractivity contribution in [3.63, 3.8) is 0 Å². The van der Waals surface area contributed by atoms with E-state index in [1.165, 1.54) is 0 Å². The highest BCUT2D eigenvalue weighted by Gasteiger charge is 2.14. The van der Waals surface area contributed by atoms with Gasteiger partial charge in [0.15, 0.2) is 0 Å². The zero-order valence-electron chi connectivity index (χ0n) is 10.7. The molecule has 2 aromatic rings. The van der Waals surface area contributed by atoms with Crippen LogP contribution >= 0.6 is 0 Å². The van der Waals surface area contributed by atoms with Crippen molar-refractivity contribution in [1.82, 2.24) is 9.88 Å². The van der Waals surface area contributed by atoms with E-state index in [0.29, 0.717) is 18.7 Å². The van der Waals surface area contributed by atoms with Crippen molar-refractivity contribution in [2.75, 3.05) is 13.6 Å². The van der Waals surface area contributed by atoms with Crippen LogP contribution in [0.25, 0.3) is 10.9 Å². The summed E-state index contributed by atoms with van der Waals surface area (Å²) in [5.41, 5.74) is 1.55. The van der Waals surface area contributed by atoms with Gasteiger partial charge in [0, 0.05) is 24.5 Å². The van der Waals surface area contributed by atoms with Crippen molar-refractivity contribution in [2.45, 2.75) is 19.4 Å². The minimum absolute atomic E-state index is 0.0492. The molecule has 96 valence electrons. The summed E-state index contributed by atoms with van der Waals surface area (Å²) in [6.07, 6.45) is 0.200. The summed E-state index contributed by atoms with van der Waals surface area (Å²) >= 11 is 0. The van der Waals surface area contributed by atoms with Gasteiger partial charge in [0.1, 0.15) is 5.69 Å². The molecule has 2 rings (SSSR count). The fourth-order valence-corrected chi connectivity index (χ4v) is 1.88. The van der Waals surface area contributed by atoms with Crippen LogP contribution in [0.2, 0.25) is 0 Å². The first-order valence-corrected chi connectivity index (χ1v) is 6.09. The molecule has 1 atom stereocenters. The molecular formula is C14H18N2O2. The molecule has 1 aromatic carbocycles. The third kappa shape index (κ3) is 2.71. The van der Waals surface area contributed by atoms with E-state index < -0.39 is 0 Å². The maximum atomic E-state index is 12.1. The number of amides is 1. The van der Waals surface area contributed by atoms with Gasteiger partial charge in [-0.25, -0.2) is 0 Å². The number of carbonyl (C=O) groups is 1. The number of H-pyrrole nitrogens is 1. The molecule has 2 N–H and O–H groups in total. The predicted octanol–water partition coefficient (Wildman–Crippen LogP) is 2.01. The molecule has 0 saturated heterocycles. The van der Waals surface area contributed by atoms with Crippen molar-refractivity contribution < 1.29 is 9.90 Å². The Hall–Kier alpha value is -1.81. The Labute approximate surface area is 106 Å². The molecule has 0 radical (unpaired) electrons. The van der Waals surface area contributed by atoms with Crippen LogP contribution in [0.15, 0.2) is 30.3 Å². The van der Waals surface area contributed by atoms with Gasteiger partial charge < -0.3 is 15.0 Å². The van der Waals surface area contributed by atoms with Crippen molar-refractivity contribution >= 4 is 16.8 Å². The molecule has 0 aliphatic heterocycles. The number of carbonyl (C=O) groups excluding carboxylic acids is 1. The van der Waals surface area contributed by atoms with Gasteiger partial charge in [-0.05, 0) is 25.5 Å². The second-order valence-electron chi connectivity index (χ2n) is 4.63. The number of hydrogen-bond donors (Lipinski definition) is 2. The Kier molecular flexibility index (Phi) is 3.67. The lowest BCUT2D eigenvalue weighted by atomic mass is 10.2. The summed E-state index contributed by atoms with van der Waals surface area (Å²) in [4.78, 5) is 16.9. The lowest BCUT2D eigenvalue weighted by Crippen LogP contribution is -2.29. The molecule has 1 unspecified atom stereocenters. The first kappa shape index (κ1) is 12.6. The van der Waals surface area contributed by atoms with Gasteiger partial charge in [0.2, 0.25) is 0 Å². The molecule has 1 amide bonds. The van der Waals surface area contributed by atoms with E-state index in [0.717, 1.165) is 10.9 Å². The predicted molar refractivity (Wildman–Crippen MR) is 71.6 cm³/mol. The van der Waals surface area contributed by atoms with E-state index in [1.54, 1.807) is 18.9 Å². The highest BCUT2D eigenvalue weighted by atomic mass is 16.3. The average Bonchev–Trinajstić information content (AvgIpc) is 2.78. The Bertz CT molecular complexity index is 512. The van der Waals surface area contributed by atoms with Crippen LogP contribution in [0.5, 0.6) is 0 Å². The molecular weight excluding hydrogens is 228 g/mol. The van der Waals surface area contributed by atoms with Gasteiger partial charge in [0.25, 0.3) is 5.91 Å². The van der Waals surface area contributed by atoms with E-state index in [1.807, 2.05) is 30.3 Å². The van der Waals surface area contributed by atoms with E-state index >= 15 is 0 Å². The van der Waals surface area contributed by atoms with Gasteiger partial charge in [0.05, 0.1) is 6.10 Å². The van der Waals surface area contributed by atoms with E-state index in [-0.39, 0.29) is 12.0 Å². The average molecular weight is 246 g/mol. The minimum atomic E-state index is -0.386. The normalized spacial score (nSPS) is 12.6. The molecule has 0 bridgehead atoms. The van der Waals surface area contributed by atoms with E-state index in [4.69, 9.17) is 0 Å². The highest BCUT2D eigenvalue weighted by Crippen LogP contribution is 2.15. The lowest BCUT2D eigenvalue weighted by molar-refractivity contribution is 0.0764. The lowest BCUT2D eigenvalue weighted by Gasteiger charge is -2.17. The van der Waals surface area contributed by atoms with Crippen molar-refractivity contribution in [1.29, 1.82) is 0 Å². The summed E-state index contributed by atoms with van der Waals surface area (Å²) in [5, 5.41) is 10.3. The number of aromatic nitrogens is 1. The number of aliphatic hydroxyl groups is 1. The third-order valence-electron chi connectivity index (χ3n) is 2.99. The molecule has 4 heteroatoms. The fraction of sp³-hybridized carbons (Fsp3) is 0.357. The summed E-state index contributed by atoms with van der Waals surface area (Å²) < 4.78 is 0. The maximum absolute atomic E-state index is 12.1. The zero-order chi connectivity index (χ0) is 13.1. The van der Waals surface area contributed by atoms with Crippen LogP contribution in [0.1, 0.15) is 23.8 Å². The second-order valence-corrected chi connectivity index (χ2v) is 4.63. The Morgan fingerprint density at radius 1 is 1.44 bits per heavy atom.